The van der Waals surface area contributed by atoms with Crippen molar-refractivity contribution in [1.29, 1.82) is 0 Å². The number of hydrogen-bond donors (Lipinski definition) is 1. The number of nitrogens with one attached hydrogen (secondary N) is 1. The van der Waals surface area contributed by atoms with E-state index in [9.17, 15) is 0 Å². The molecule has 4 heteroatoms. The lowest BCUT2D eigenvalue weighted by molar-refractivity contribution is 0.217. The molecule has 96 valence electrons. The zero-order chi connectivity index (χ0) is 12.7. The van der Waals surface area contributed by atoms with E-state index in [4.69, 9.17) is 27.9 Å². The summed E-state index contributed by atoms with van der Waals surface area (Å²) in [5, 5.41) is 4.57. The molecule has 0 radical (unpaired) electrons. The summed E-state index contributed by atoms with van der Waals surface area (Å²) >= 11 is 11.9. The second-order valence-electron chi connectivity index (χ2n) is 4.06. The molecule has 2 nitrogen and oxygen atoms in total. The SMILES string of the molecule is CCCCNCC(C)Oc1cc(Cl)ccc1Cl. The van der Waals surface area contributed by atoms with Crippen molar-refractivity contribution in [3.8, 4) is 5.75 Å². The molecule has 0 aliphatic heterocycles. The second-order valence-corrected chi connectivity index (χ2v) is 4.90. The number of halogens is 2. The first kappa shape index (κ1) is 14.6. The van der Waals surface area contributed by atoms with Crippen molar-refractivity contribution in [2.24, 2.45) is 0 Å². The maximum absolute atomic E-state index is 6.02. The van der Waals surface area contributed by atoms with Crippen molar-refractivity contribution in [3.05, 3.63) is 28.2 Å². The molecule has 1 atom stereocenters. The summed E-state index contributed by atoms with van der Waals surface area (Å²) in [6, 6.07) is 5.24. The van der Waals surface area contributed by atoms with Crippen LogP contribution in [-0.2, 0) is 0 Å². The van der Waals surface area contributed by atoms with E-state index in [0.29, 0.717) is 15.8 Å². The first-order valence-corrected chi connectivity index (χ1v) is 6.71. The van der Waals surface area contributed by atoms with Gasteiger partial charge in [0.25, 0.3) is 0 Å². The highest BCUT2D eigenvalue weighted by molar-refractivity contribution is 6.34. The summed E-state index contributed by atoms with van der Waals surface area (Å²) in [5.41, 5.74) is 0. The Bertz CT molecular complexity index is 344. The topological polar surface area (TPSA) is 21.3 Å². The molecule has 0 saturated heterocycles. The molecular weight excluding hydrogens is 257 g/mol. The van der Waals surface area contributed by atoms with Crippen molar-refractivity contribution < 1.29 is 4.74 Å². The van der Waals surface area contributed by atoms with Crippen LogP contribution in [0, 0.1) is 0 Å². The Morgan fingerprint density at radius 1 is 1.35 bits per heavy atom. The van der Waals surface area contributed by atoms with E-state index >= 15 is 0 Å². The van der Waals surface area contributed by atoms with Gasteiger partial charge >= 0.3 is 0 Å². The third-order valence-corrected chi connectivity index (χ3v) is 2.91. The highest BCUT2D eigenvalue weighted by Crippen LogP contribution is 2.28. The lowest BCUT2D eigenvalue weighted by Gasteiger charge is -2.16. The molecular formula is C13H19Cl2NO. The van der Waals surface area contributed by atoms with Crippen LogP contribution < -0.4 is 10.1 Å². The summed E-state index contributed by atoms with van der Waals surface area (Å²) in [7, 11) is 0. The van der Waals surface area contributed by atoms with Gasteiger partial charge in [-0.1, -0.05) is 36.5 Å². The molecule has 1 rings (SSSR count). The molecule has 1 aromatic carbocycles. The van der Waals surface area contributed by atoms with Gasteiger partial charge in [0, 0.05) is 17.6 Å². The Labute approximate surface area is 113 Å². The molecule has 0 aliphatic carbocycles. The quantitative estimate of drug-likeness (QED) is 0.755. The molecule has 1 N–H and O–H groups in total. The summed E-state index contributed by atoms with van der Waals surface area (Å²) in [5.74, 6) is 0.643. The third kappa shape index (κ3) is 5.62. The van der Waals surface area contributed by atoms with Gasteiger partial charge in [-0.05, 0) is 32.0 Å². The van der Waals surface area contributed by atoms with Gasteiger partial charge in [-0.25, -0.2) is 0 Å². The third-order valence-electron chi connectivity index (χ3n) is 2.36. The van der Waals surface area contributed by atoms with E-state index in [1.54, 1.807) is 18.2 Å². The van der Waals surface area contributed by atoms with Gasteiger partial charge in [0.1, 0.15) is 11.9 Å². The molecule has 0 amide bonds. The van der Waals surface area contributed by atoms with E-state index in [2.05, 4.69) is 12.2 Å². The largest absolute Gasteiger partial charge is 0.488 e. The van der Waals surface area contributed by atoms with Crippen LogP contribution in [0.25, 0.3) is 0 Å². The van der Waals surface area contributed by atoms with Crippen LogP contribution in [0.15, 0.2) is 18.2 Å². The Hall–Kier alpha value is -0.440. The fourth-order valence-electron chi connectivity index (χ4n) is 1.43. The molecule has 0 fully saturated rings. The van der Waals surface area contributed by atoms with Crippen molar-refractivity contribution in [2.75, 3.05) is 13.1 Å². The molecule has 1 unspecified atom stereocenters. The molecule has 0 bridgehead atoms. The van der Waals surface area contributed by atoms with Crippen LogP contribution >= 0.6 is 23.2 Å². The minimum absolute atomic E-state index is 0.0721. The molecule has 0 aliphatic rings. The average Bonchev–Trinajstić information content (AvgIpc) is 2.29. The first-order chi connectivity index (χ1) is 8.13. The Morgan fingerprint density at radius 2 is 2.12 bits per heavy atom. The van der Waals surface area contributed by atoms with Crippen LogP contribution in [0.3, 0.4) is 0 Å². The number of rotatable bonds is 7. The number of ether oxygens (including phenoxy) is 1. The molecule has 17 heavy (non-hydrogen) atoms. The van der Waals surface area contributed by atoms with Gasteiger partial charge < -0.3 is 10.1 Å². The van der Waals surface area contributed by atoms with Gasteiger partial charge in [0.2, 0.25) is 0 Å². The maximum atomic E-state index is 6.02. The van der Waals surface area contributed by atoms with Gasteiger partial charge in [0.15, 0.2) is 0 Å². The standard InChI is InChI=1S/C13H19Cl2NO/c1-3-4-7-16-9-10(2)17-13-8-11(14)5-6-12(13)15/h5-6,8,10,16H,3-4,7,9H2,1-2H3. The van der Waals surface area contributed by atoms with E-state index in [1.165, 1.54) is 12.8 Å². The predicted octanol–water partition coefficient (Wildman–Crippen LogP) is 4.15. The minimum Gasteiger partial charge on any atom is -0.488 e. The first-order valence-electron chi connectivity index (χ1n) is 5.96. The highest BCUT2D eigenvalue weighted by Gasteiger charge is 2.07. The van der Waals surface area contributed by atoms with Crippen LogP contribution in [0.5, 0.6) is 5.75 Å². The molecule has 1 aromatic rings. The van der Waals surface area contributed by atoms with E-state index in [0.717, 1.165) is 13.1 Å². The summed E-state index contributed by atoms with van der Waals surface area (Å²) in [6.45, 7) is 6.01. The molecule has 0 aromatic heterocycles. The monoisotopic (exact) mass is 275 g/mol. The summed E-state index contributed by atoms with van der Waals surface area (Å²) < 4.78 is 5.73. The van der Waals surface area contributed by atoms with E-state index in [1.807, 2.05) is 6.92 Å². The van der Waals surface area contributed by atoms with Crippen LogP contribution in [-0.4, -0.2) is 19.2 Å². The number of benzene rings is 1. The van der Waals surface area contributed by atoms with Crippen LogP contribution in [0.2, 0.25) is 10.0 Å². The normalized spacial score (nSPS) is 12.5. The van der Waals surface area contributed by atoms with Gasteiger partial charge in [-0.15, -0.1) is 0 Å². The van der Waals surface area contributed by atoms with Gasteiger partial charge in [0.05, 0.1) is 5.02 Å². The Morgan fingerprint density at radius 3 is 2.82 bits per heavy atom. The summed E-state index contributed by atoms with van der Waals surface area (Å²) in [4.78, 5) is 0. The lowest BCUT2D eigenvalue weighted by atomic mass is 10.3. The smallest absolute Gasteiger partial charge is 0.139 e. The summed E-state index contributed by atoms with van der Waals surface area (Å²) in [6.07, 6.45) is 2.45. The van der Waals surface area contributed by atoms with Gasteiger partial charge in [-0.3, -0.25) is 0 Å². The Balaban J connectivity index is 2.39. The Kier molecular flexibility index (Phi) is 6.71. The fraction of sp³-hybridized carbons (Fsp3) is 0.538. The zero-order valence-electron chi connectivity index (χ0n) is 10.3. The van der Waals surface area contributed by atoms with Crippen molar-refractivity contribution in [2.45, 2.75) is 32.8 Å². The predicted molar refractivity (Wildman–Crippen MR) is 74.3 cm³/mol. The highest BCUT2D eigenvalue weighted by atomic mass is 35.5. The molecule has 0 saturated carbocycles. The number of hydrogen-bond acceptors (Lipinski definition) is 2. The zero-order valence-corrected chi connectivity index (χ0v) is 11.8. The van der Waals surface area contributed by atoms with Crippen molar-refractivity contribution in [3.63, 3.8) is 0 Å². The minimum atomic E-state index is 0.0721. The van der Waals surface area contributed by atoms with Crippen LogP contribution in [0.1, 0.15) is 26.7 Å². The van der Waals surface area contributed by atoms with Crippen molar-refractivity contribution in [1.82, 2.24) is 5.32 Å². The van der Waals surface area contributed by atoms with E-state index in [-0.39, 0.29) is 6.10 Å². The fourth-order valence-corrected chi connectivity index (χ4v) is 1.76. The number of unbranched alkanes of at least 4 members (excludes halogenated alkanes) is 1. The maximum Gasteiger partial charge on any atom is 0.139 e. The molecule has 0 heterocycles. The average molecular weight is 276 g/mol. The lowest BCUT2D eigenvalue weighted by Crippen LogP contribution is -2.29. The van der Waals surface area contributed by atoms with Crippen LogP contribution in [0.4, 0.5) is 0 Å². The molecule has 0 spiro atoms. The second kappa shape index (κ2) is 7.80. The van der Waals surface area contributed by atoms with E-state index < -0.39 is 0 Å². The van der Waals surface area contributed by atoms with Crippen molar-refractivity contribution >= 4 is 23.2 Å². The van der Waals surface area contributed by atoms with Gasteiger partial charge in [-0.2, -0.15) is 0 Å².